The lowest BCUT2D eigenvalue weighted by Crippen LogP contribution is -2.50. The van der Waals surface area contributed by atoms with E-state index in [0.29, 0.717) is 0 Å². The Balaban J connectivity index is 1.60. The van der Waals surface area contributed by atoms with Gasteiger partial charge in [-0.15, -0.1) is 0 Å². The number of nitrogens with zero attached hydrogens (tertiary/aromatic N) is 2. The van der Waals surface area contributed by atoms with Crippen LogP contribution in [-0.4, -0.2) is 37.1 Å². The van der Waals surface area contributed by atoms with Gasteiger partial charge in [0.2, 0.25) is 0 Å². The van der Waals surface area contributed by atoms with Gasteiger partial charge < -0.3 is 15.1 Å². The Morgan fingerprint density at radius 3 is 2.08 bits per heavy atom. The lowest BCUT2D eigenvalue weighted by Gasteiger charge is -2.36. The summed E-state index contributed by atoms with van der Waals surface area (Å²) in [4.78, 5) is 16.8. The van der Waals surface area contributed by atoms with Gasteiger partial charge >= 0.3 is 6.03 Å². The summed E-state index contributed by atoms with van der Waals surface area (Å²) in [5.74, 6) is 0. The fourth-order valence-corrected chi connectivity index (χ4v) is 3.45. The Hall–Kier alpha value is -2.49. The van der Waals surface area contributed by atoms with Crippen LogP contribution >= 0.6 is 0 Å². The van der Waals surface area contributed by atoms with Gasteiger partial charge in [-0.3, -0.25) is 0 Å². The lowest BCUT2D eigenvalue weighted by molar-refractivity contribution is 0.208. The third-order valence-electron chi connectivity index (χ3n) is 4.76. The average Bonchev–Trinajstić information content (AvgIpc) is 2.56. The fourth-order valence-electron chi connectivity index (χ4n) is 3.45. The Kier molecular flexibility index (Phi) is 4.98. The van der Waals surface area contributed by atoms with Crippen molar-refractivity contribution in [1.29, 1.82) is 0 Å². The molecule has 1 heterocycles. The van der Waals surface area contributed by atoms with E-state index >= 15 is 0 Å². The number of carbonyl (C=O) groups excluding carboxylic acids is 1. The van der Waals surface area contributed by atoms with Crippen LogP contribution in [-0.2, 0) is 0 Å². The maximum atomic E-state index is 12.6. The number of hydrogen-bond acceptors (Lipinski definition) is 2. The molecule has 1 N–H and O–H groups in total. The second kappa shape index (κ2) is 7.18. The molecule has 0 radical (unpaired) electrons. The zero-order valence-corrected chi connectivity index (χ0v) is 15.6. The van der Waals surface area contributed by atoms with Crippen molar-refractivity contribution in [1.82, 2.24) is 4.90 Å². The molecule has 3 rings (SSSR count). The van der Waals surface area contributed by atoms with Crippen molar-refractivity contribution in [2.45, 2.75) is 27.7 Å². The van der Waals surface area contributed by atoms with Crippen molar-refractivity contribution in [3.05, 3.63) is 58.7 Å². The van der Waals surface area contributed by atoms with Crippen LogP contribution in [0.4, 0.5) is 16.2 Å². The van der Waals surface area contributed by atoms with Crippen molar-refractivity contribution in [3.63, 3.8) is 0 Å². The predicted molar refractivity (Wildman–Crippen MR) is 105 cm³/mol. The largest absolute Gasteiger partial charge is 0.368 e. The van der Waals surface area contributed by atoms with Gasteiger partial charge in [-0.1, -0.05) is 23.8 Å². The minimum atomic E-state index is -0.00738. The molecule has 1 saturated heterocycles. The van der Waals surface area contributed by atoms with Crippen molar-refractivity contribution in [3.8, 4) is 0 Å². The third-order valence-corrected chi connectivity index (χ3v) is 4.76. The van der Waals surface area contributed by atoms with E-state index in [0.717, 1.165) is 37.4 Å². The van der Waals surface area contributed by atoms with Crippen LogP contribution in [0.3, 0.4) is 0 Å². The molecule has 25 heavy (non-hydrogen) atoms. The number of anilines is 2. The van der Waals surface area contributed by atoms with Gasteiger partial charge in [0, 0.05) is 37.6 Å². The molecular weight excluding hydrogens is 310 g/mol. The molecule has 2 aromatic rings. The van der Waals surface area contributed by atoms with E-state index in [1.165, 1.54) is 22.4 Å². The Labute approximate surface area is 150 Å². The zero-order chi connectivity index (χ0) is 18.0. The van der Waals surface area contributed by atoms with E-state index in [4.69, 9.17) is 0 Å². The monoisotopic (exact) mass is 337 g/mol. The quantitative estimate of drug-likeness (QED) is 0.888. The van der Waals surface area contributed by atoms with Gasteiger partial charge in [0.25, 0.3) is 0 Å². The predicted octanol–water partition coefficient (Wildman–Crippen LogP) is 4.27. The molecule has 0 spiro atoms. The van der Waals surface area contributed by atoms with Crippen LogP contribution in [0.1, 0.15) is 22.3 Å². The third kappa shape index (κ3) is 4.13. The summed E-state index contributed by atoms with van der Waals surface area (Å²) in [5.41, 5.74) is 7.02. The Bertz CT molecular complexity index is 756. The van der Waals surface area contributed by atoms with Crippen molar-refractivity contribution < 1.29 is 4.79 Å². The first kappa shape index (κ1) is 17.3. The van der Waals surface area contributed by atoms with Crippen LogP contribution in [0.2, 0.25) is 0 Å². The fraction of sp³-hybridized carbons (Fsp3) is 0.381. The highest BCUT2D eigenvalue weighted by molar-refractivity contribution is 5.90. The minimum absolute atomic E-state index is 0.00738. The molecule has 0 aliphatic carbocycles. The molecule has 132 valence electrons. The number of rotatable bonds is 2. The van der Waals surface area contributed by atoms with Gasteiger partial charge in [0.1, 0.15) is 0 Å². The maximum Gasteiger partial charge on any atom is 0.321 e. The molecular formula is C21H27N3O. The number of urea groups is 1. The first-order chi connectivity index (χ1) is 11.9. The highest BCUT2D eigenvalue weighted by Crippen LogP contribution is 2.21. The van der Waals surface area contributed by atoms with E-state index in [1.54, 1.807) is 0 Å². The topological polar surface area (TPSA) is 35.6 Å². The standard InChI is InChI=1S/C21H27N3O/c1-15-5-6-20(18(4)12-15)22-21(25)24-9-7-23(8-10-24)19-13-16(2)11-17(3)14-19/h5-6,11-14H,7-10H2,1-4H3,(H,22,25). The van der Waals surface area contributed by atoms with Crippen molar-refractivity contribution >= 4 is 17.4 Å². The van der Waals surface area contributed by atoms with E-state index in [-0.39, 0.29) is 6.03 Å². The summed E-state index contributed by atoms with van der Waals surface area (Å²) < 4.78 is 0. The van der Waals surface area contributed by atoms with Crippen LogP contribution in [0.5, 0.6) is 0 Å². The van der Waals surface area contributed by atoms with E-state index in [1.807, 2.05) is 24.0 Å². The number of hydrogen-bond donors (Lipinski definition) is 1. The highest BCUT2D eigenvalue weighted by Gasteiger charge is 2.21. The van der Waals surface area contributed by atoms with Crippen LogP contribution in [0, 0.1) is 27.7 Å². The van der Waals surface area contributed by atoms with Gasteiger partial charge in [-0.05, 0) is 62.6 Å². The molecule has 2 amide bonds. The molecule has 0 saturated carbocycles. The molecule has 4 nitrogen and oxygen atoms in total. The minimum Gasteiger partial charge on any atom is -0.368 e. The van der Waals surface area contributed by atoms with E-state index < -0.39 is 0 Å². The Morgan fingerprint density at radius 1 is 0.840 bits per heavy atom. The molecule has 1 fully saturated rings. The van der Waals surface area contributed by atoms with Gasteiger partial charge in [-0.25, -0.2) is 4.79 Å². The van der Waals surface area contributed by atoms with Crippen LogP contribution < -0.4 is 10.2 Å². The number of carbonyl (C=O) groups is 1. The van der Waals surface area contributed by atoms with Gasteiger partial charge in [0.15, 0.2) is 0 Å². The number of aryl methyl sites for hydroxylation is 4. The summed E-state index contributed by atoms with van der Waals surface area (Å²) in [6, 6.07) is 12.7. The molecule has 0 bridgehead atoms. The Morgan fingerprint density at radius 2 is 1.48 bits per heavy atom. The molecule has 0 aromatic heterocycles. The molecule has 4 heteroatoms. The number of benzene rings is 2. The lowest BCUT2D eigenvalue weighted by atomic mass is 10.1. The average molecular weight is 337 g/mol. The summed E-state index contributed by atoms with van der Waals surface area (Å²) in [7, 11) is 0. The van der Waals surface area contributed by atoms with E-state index in [9.17, 15) is 4.79 Å². The molecule has 0 atom stereocenters. The maximum absolute atomic E-state index is 12.6. The molecule has 1 aliphatic rings. The molecule has 0 unspecified atom stereocenters. The second-order valence-corrected chi connectivity index (χ2v) is 7.07. The van der Waals surface area contributed by atoms with E-state index in [2.05, 4.69) is 55.3 Å². The second-order valence-electron chi connectivity index (χ2n) is 7.07. The number of piperazine rings is 1. The first-order valence-corrected chi connectivity index (χ1v) is 8.89. The zero-order valence-electron chi connectivity index (χ0n) is 15.6. The smallest absolute Gasteiger partial charge is 0.321 e. The number of amides is 2. The molecule has 2 aromatic carbocycles. The summed E-state index contributed by atoms with van der Waals surface area (Å²) in [6.07, 6.45) is 0. The summed E-state index contributed by atoms with van der Waals surface area (Å²) in [6.45, 7) is 11.6. The number of nitrogens with one attached hydrogen (secondary N) is 1. The molecule has 1 aliphatic heterocycles. The van der Waals surface area contributed by atoms with Crippen molar-refractivity contribution in [2.75, 3.05) is 36.4 Å². The first-order valence-electron chi connectivity index (χ1n) is 8.89. The summed E-state index contributed by atoms with van der Waals surface area (Å²) >= 11 is 0. The van der Waals surface area contributed by atoms with Gasteiger partial charge in [0.05, 0.1) is 0 Å². The highest BCUT2D eigenvalue weighted by atomic mass is 16.2. The summed E-state index contributed by atoms with van der Waals surface area (Å²) in [5, 5.41) is 3.05. The van der Waals surface area contributed by atoms with Crippen LogP contribution in [0.25, 0.3) is 0 Å². The van der Waals surface area contributed by atoms with Gasteiger partial charge in [-0.2, -0.15) is 0 Å². The van der Waals surface area contributed by atoms with Crippen molar-refractivity contribution in [2.24, 2.45) is 0 Å². The van der Waals surface area contributed by atoms with Crippen LogP contribution in [0.15, 0.2) is 36.4 Å². The SMILES string of the molecule is Cc1cc(C)cc(N2CCN(C(=O)Nc3ccc(C)cc3C)CC2)c1. The normalized spacial score (nSPS) is 14.6.